The van der Waals surface area contributed by atoms with Crippen molar-refractivity contribution in [2.75, 3.05) is 45.7 Å². The molecule has 8 heteroatoms. The van der Waals surface area contributed by atoms with Gasteiger partial charge < -0.3 is 14.5 Å². The molecule has 1 saturated heterocycles. The van der Waals surface area contributed by atoms with E-state index in [1.54, 1.807) is 0 Å². The first-order valence-electron chi connectivity index (χ1n) is 7.79. The number of halogens is 1. The number of ether oxygens (including phenoxy) is 1. The molecule has 1 heterocycles. The van der Waals surface area contributed by atoms with Crippen molar-refractivity contribution in [2.24, 2.45) is 5.92 Å². The molecule has 0 spiro atoms. The van der Waals surface area contributed by atoms with Gasteiger partial charge in [-0.2, -0.15) is 0 Å². The number of rotatable bonds is 5. The molecule has 132 valence electrons. The largest absolute Gasteiger partial charge is 0.465 e. The summed E-state index contributed by atoms with van der Waals surface area (Å²) in [6, 6.07) is 2.66. The van der Waals surface area contributed by atoms with E-state index in [0.717, 1.165) is 25.9 Å². The first-order valence-corrected chi connectivity index (χ1v) is 8.17. The number of nitro benzene ring substituents is 1. The van der Waals surface area contributed by atoms with Crippen LogP contribution in [0.4, 0.5) is 11.4 Å². The van der Waals surface area contributed by atoms with Gasteiger partial charge in [-0.05, 0) is 38.4 Å². The average Bonchev–Trinajstić information content (AvgIpc) is 2.53. The maximum atomic E-state index is 11.7. The van der Waals surface area contributed by atoms with Gasteiger partial charge in [0.1, 0.15) is 5.69 Å². The summed E-state index contributed by atoms with van der Waals surface area (Å²) >= 11 is 6.13. The Labute approximate surface area is 146 Å². The van der Waals surface area contributed by atoms with Crippen LogP contribution in [0, 0.1) is 16.0 Å². The number of hydrogen-bond donors (Lipinski definition) is 0. The quantitative estimate of drug-likeness (QED) is 0.459. The van der Waals surface area contributed by atoms with Crippen molar-refractivity contribution in [3.05, 3.63) is 32.8 Å². The van der Waals surface area contributed by atoms with E-state index in [2.05, 4.69) is 16.7 Å². The van der Waals surface area contributed by atoms with Crippen LogP contribution >= 0.6 is 11.6 Å². The second-order valence-electron chi connectivity index (χ2n) is 6.22. The highest BCUT2D eigenvalue weighted by Gasteiger charge is 2.26. The summed E-state index contributed by atoms with van der Waals surface area (Å²) < 4.78 is 4.62. The molecule has 0 N–H and O–H groups in total. The molecule has 1 aliphatic heterocycles. The maximum absolute atomic E-state index is 11.7. The van der Waals surface area contributed by atoms with Crippen molar-refractivity contribution < 1.29 is 14.5 Å². The number of carbonyl (C=O) groups is 1. The number of carbonyl (C=O) groups excluding carboxylic acids is 1. The predicted molar refractivity (Wildman–Crippen MR) is 92.9 cm³/mol. The summed E-state index contributed by atoms with van der Waals surface area (Å²) in [5.74, 6) is -0.251. The molecule has 2 rings (SSSR count). The molecular formula is C16H22ClN3O4. The molecule has 1 atom stereocenters. The Morgan fingerprint density at radius 2 is 2.25 bits per heavy atom. The molecule has 1 aliphatic rings. The highest BCUT2D eigenvalue weighted by molar-refractivity contribution is 6.34. The Morgan fingerprint density at radius 1 is 1.54 bits per heavy atom. The number of hydrogen-bond acceptors (Lipinski definition) is 6. The van der Waals surface area contributed by atoms with Gasteiger partial charge in [0.25, 0.3) is 5.69 Å². The Kier molecular flexibility index (Phi) is 6.01. The van der Waals surface area contributed by atoms with E-state index >= 15 is 0 Å². The predicted octanol–water partition coefficient (Wildman–Crippen LogP) is 2.81. The zero-order valence-corrected chi connectivity index (χ0v) is 14.9. The summed E-state index contributed by atoms with van der Waals surface area (Å²) in [5.41, 5.74) is 0.262. The van der Waals surface area contributed by atoms with Crippen molar-refractivity contribution in [3.8, 4) is 0 Å². The van der Waals surface area contributed by atoms with Crippen molar-refractivity contribution in [3.63, 3.8) is 0 Å². The Bertz CT molecular complexity index is 638. The zero-order chi connectivity index (χ0) is 17.9. The Hall–Kier alpha value is -1.86. The van der Waals surface area contributed by atoms with E-state index in [-0.39, 0.29) is 16.3 Å². The highest BCUT2D eigenvalue weighted by atomic mass is 35.5. The van der Waals surface area contributed by atoms with Gasteiger partial charge in [0.05, 0.1) is 22.6 Å². The van der Waals surface area contributed by atoms with Gasteiger partial charge in [-0.3, -0.25) is 10.1 Å². The van der Waals surface area contributed by atoms with Gasteiger partial charge in [-0.1, -0.05) is 11.6 Å². The highest BCUT2D eigenvalue weighted by Crippen LogP contribution is 2.34. The lowest BCUT2D eigenvalue weighted by atomic mass is 9.97. The number of anilines is 1. The van der Waals surface area contributed by atoms with Gasteiger partial charge in [0, 0.05) is 26.2 Å². The van der Waals surface area contributed by atoms with Crippen LogP contribution in [-0.4, -0.2) is 56.6 Å². The lowest BCUT2D eigenvalue weighted by Gasteiger charge is -2.33. The molecule has 0 amide bonds. The van der Waals surface area contributed by atoms with E-state index in [1.807, 2.05) is 11.9 Å². The van der Waals surface area contributed by atoms with Gasteiger partial charge in [-0.15, -0.1) is 0 Å². The van der Waals surface area contributed by atoms with Gasteiger partial charge in [0.15, 0.2) is 0 Å². The second kappa shape index (κ2) is 7.81. The molecule has 0 aliphatic carbocycles. The fraction of sp³-hybridized carbons (Fsp3) is 0.562. The minimum Gasteiger partial charge on any atom is -0.465 e. The standard InChI is InChI=1S/C16H22ClN3O4/c1-18-6-4-5-11(9-18)10-19(2)14-8-13(17)12(16(21)24-3)7-15(14)20(22)23/h7-8,11H,4-6,9-10H2,1-3H3. The van der Waals surface area contributed by atoms with Crippen LogP contribution in [0.5, 0.6) is 0 Å². The number of benzene rings is 1. The van der Waals surface area contributed by atoms with E-state index in [9.17, 15) is 14.9 Å². The van der Waals surface area contributed by atoms with E-state index in [4.69, 9.17) is 11.6 Å². The van der Waals surface area contributed by atoms with Crippen LogP contribution in [0.25, 0.3) is 0 Å². The fourth-order valence-corrected chi connectivity index (χ4v) is 3.41. The third-order valence-corrected chi connectivity index (χ3v) is 4.64. The summed E-state index contributed by atoms with van der Waals surface area (Å²) in [6.07, 6.45) is 2.22. The molecule has 0 bridgehead atoms. The smallest absolute Gasteiger partial charge is 0.339 e. The van der Waals surface area contributed by atoms with Crippen LogP contribution in [0.3, 0.4) is 0 Å². The second-order valence-corrected chi connectivity index (χ2v) is 6.63. The lowest BCUT2D eigenvalue weighted by Crippen LogP contribution is -2.38. The average molecular weight is 356 g/mol. The number of nitro groups is 1. The van der Waals surface area contributed by atoms with Crippen molar-refractivity contribution in [1.82, 2.24) is 4.90 Å². The van der Waals surface area contributed by atoms with Crippen molar-refractivity contribution >= 4 is 28.9 Å². The van der Waals surface area contributed by atoms with E-state index in [1.165, 1.54) is 19.2 Å². The number of nitrogens with zero attached hydrogens (tertiary/aromatic N) is 3. The minimum atomic E-state index is -0.689. The van der Waals surface area contributed by atoms with Gasteiger partial charge in [0.2, 0.25) is 0 Å². The Balaban J connectivity index is 2.29. The molecular weight excluding hydrogens is 334 g/mol. The van der Waals surface area contributed by atoms with Crippen molar-refractivity contribution in [2.45, 2.75) is 12.8 Å². The van der Waals surface area contributed by atoms with Crippen LogP contribution in [0.1, 0.15) is 23.2 Å². The van der Waals surface area contributed by atoms with Crippen LogP contribution in [0.2, 0.25) is 5.02 Å². The molecule has 0 radical (unpaired) electrons. The van der Waals surface area contributed by atoms with E-state index < -0.39 is 10.9 Å². The molecule has 1 aromatic rings. The first-order chi connectivity index (χ1) is 11.3. The fourth-order valence-electron chi connectivity index (χ4n) is 3.18. The molecule has 1 aromatic carbocycles. The molecule has 7 nitrogen and oxygen atoms in total. The number of piperidine rings is 1. The summed E-state index contributed by atoms with van der Waals surface area (Å²) in [7, 11) is 5.10. The normalized spacial score (nSPS) is 18.2. The number of methoxy groups -OCH3 is 1. The number of likely N-dealkylation sites (tertiary alicyclic amines) is 1. The molecule has 0 aromatic heterocycles. The maximum Gasteiger partial charge on any atom is 0.339 e. The molecule has 1 fully saturated rings. The monoisotopic (exact) mass is 355 g/mol. The SMILES string of the molecule is COC(=O)c1cc([N+](=O)[O-])c(N(C)CC2CCCN(C)C2)cc1Cl. The van der Waals surface area contributed by atoms with Crippen molar-refractivity contribution in [1.29, 1.82) is 0 Å². The topological polar surface area (TPSA) is 75.9 Å². The van der Waals surface area contributed by atoms with Crippen LogP contribution in [0.15, 0.2) is 12.1 Å². The zero-order valence-electron chi connectivity index (χ0n) is 14.1. The van der Waals surface area contributed by atoms with E-state index in [0.29, 0.717) is 18.2 Å². The number of esters is 1. The van der Waals surface area contributed by atoms with Gasteiger partial charge in [-0.25, -0.2) is 4.79 Å². The Morgan fingerprint density at radius 3 is 2.83 bits per heavy atom. The summed E-state index contributed by atoms with van der Waals surface area (Å²) in [4.78, 5) is 26.7. The molecule has 0 saturated carbocycles. The van der Waals surface area contributed by atoms with Crippen LogP contribution in [-0.2, 0) is 4.74 Å². The third-order valence-electron chi connectivity index (χ3n) is 4.33. The third kappa shape index (κ3) is 4.15. The lowest BCUT2D eigenvalue weighted by molar-refractivity contribution is -0.384. The summed E-state index contributed by atoms with van der Waals surface area (Å²) in [6.45, 7) is 2.74. The molecule has 1 unspecified atom stereocenters. The van der Waals surface area contributed by atoms with Crippen LogP contribution < -0.4 is 4.90 Å². The summed E-state index contributed by atoms with van der Waals surface area (Å²) in [5, 5.41) is 11.6. The molecule has 24 heavy (non-hydrogen) atoms. The first kappa shape index (κ1) is 18.5. The van der Waals surface area contributed by atoms with Gasteiger partial charge >= 0.3 is 5.97 Å². The minimum absolute atomic E-state index is 0.000386.